The Bertz CT molecular complexity index is 1260. The maximum absolute atomic E-state index is 13.0. The van der Waals surface area contributed by atoms with Crippen molar-refractivity contribution in [2.24, 2.45) is 0 Å². The van der Waals surface area contributed by atoms with Crippen molar-refractivity contribution in [3.8, 4) is 17.2 Å². The van der Waals surface area contributed by atoms with E-state index in [0.717, 1.165) is 24.9 Å². The number of anilines is 1. The SMILES string of the molecule is CCCCc1ccc(-n2nc3cc(Cl)c(NC(=O)c4c(OC)cccc4OC)cc3n2)cc1. The van der Waals surface area contributed by atoms with Crippen molar-refractivity contribution in [1.29, 1.82) is 0 Å². The summed E-state index contributed by atoms with van der Waals surface area (Å²) in [5.41, 5.74) is 4.08. The van der Waals surface area contributed by atoms with E-state index in [1.54, 1.807) is 35.1 Å². The van der Waals surface area contributed by atoms with Crippen molar-refractivity contribution in [2.45, 2.75) is 26.2 Å². The molecule has 8 heteroatoms. The highest BCUT2D eigenvalue weighted by Crippen LogP contribution is 2.32. The van der Waals surface area contributed by atoms with Gasteiger partial charge in [0, 0.05) is 0 Å². The van der Waals surface area contributed by atoms with Crippen LogP contribution in [-0.4, -0.2) is 35.1 Å². The molecule has 0 atom stereocenters. The third-order valence-electron chi connectivity index (χ3n) is 5.36. The number of methoxy groups -OCH3 is 2. The molecule has 0 unspecified atom stereocenters. The Morgan fingerprint density at radius 1 is 1.00 bits per heavy atom. The first kappa shape index (κ1) is 22.6. The van der Waals surface area contributed by atoms with Crippen LogP contribution in [-0.2, 0) is 6.42 Å². The fraction of sp³-hybridized carbons (Fsp3) is 0.240. The number of carbonyl (C=O) groups is 1. The van der Waals surface area contributed by atoms with E-state index in [4.69, 9.17) is 21.1 Å². The molecule has 1 amide bonds. The van der Waals surface area contributed by atoms with Crippen molar-refractivity contribution in [2.75, 3.05) is 19.5 Å². The van der Waals surface area contributed by atoms with Gasteiger partial charge in [0.15, 0.2) is 0 Å². The van der Waals surface area contributed by atoms with Gasteiger partial charge in [-0.1, -0.05) is 43.1 Å². The number of hydrogen-bond donors (Lipinski definition) is 1. The predicted octanol–water partition coefficient (Wildman–Crippen LogP) is 5.69. The Kier molecular flexibility index (Phi) is 6.79. The number of unbranched alkanes of at least 4 members (excludes halogenated alkanes) is 1. The van der Waals surface area contributed by atoms with Gasteiger partial charge in [0.2, 0.25) is 0 Å². The van der Waals surface area contributed by atoms with E-state index in [9.17, 15) is 4.79 Å². The van der Waals surface area contributed by atoms with Crippen LogP contribution in [0.5, 0.6) is 11.5 Å². The highest BCUT2D eigenvalue weighted by atomic mass is 35.5. The molecule has 1 heterocycles. The number of benzene rings is 3. The number of aryl methyl sites for hydroxylation is 1. The second kappa shape index (κ2) is 9.92. The zero-order valence-electron chi connectivity index (χ0n) is 18.8. The summed E-state index contributed by atoms with van der Waals surface area (Å²) in [6, 6.07) is 16.7. The number of ether oxygens (including phenoxy) is 2. The van der Waals surface area contributed by atoms with E-state index in [2.05, 4.69) is 34.6 Å². The largest absolute Gasteiger partial charge is 0.496 e. The summed E-state index contributed by atoms with van der Waals surface area (Å²) in [5.74, 6) is 0.398. The summed E-state index contributed by atoms with van der Waals surface area (Å²) in [6.45, 7) is 2.18. The molecule has 4 rings (SSSR count). The topological polar surface area (TPSA) is 78.3 Å². The maximum atomic E-state index is 13.0. The molecule has 3 aromatic carbocycles. The molecular weight excluding hydrogens is 440 g/mol. The van der Waals surface area contributed by atoms with Gasteiger partial charge in [0.05, 0.1) is 30.6 Å². The first-order valence-corrected chi connectivity index (χ1v) is 11.1. The van der Waals surface area contributed by atoms with Crippen molar-refractivity contribution in [3.63, 3.8) is 0 Å². The van der Waals surface area contributed by atoms with Crippen LogP contribution < -0.4 is 14.8 Å². The Morgan fingerprint density at radius 3 is 2.24 bits per heavy atom. The van der Waals surface area contributed by atoms with Gasteiger partial charge in [-0.15, -0.1) is 10.2 Å². The maximum Gasteiger partial charge on any atom is 0.263 e. The fourth-order valence-electron chi connectivity index (χ4n) is 3.59. The van der Waals surface area contributed by atoms with E-state index in [1.165, 1.54) is 19.8 Å². The number of nitrogens with one attached hydrogen (secondary N) is 1. The molecule has 4 aromatic rings. The second-order valence-electron chi connectivity index (χ2n) is 7.57. The second-order valence-corrected chi connectivity index (χ2v) is 7.98. The lowest BCUT2D eigenvalue weighted by molar-refractivity contribution is 0.102. The zero-order chi connectivity index (χ0) is 23.4. The summed E-state index contributed by atoms with van der Waals surface area (Å²) < 4.78 is 10.7. The first-order chi connectivity index (χ1) is 16.0. The quantitative estimate of drug-likeness (QED) is 0.362. The molecule has 33 heavy (non-hydrogen) atoms. The van der Waals surface area contributed by atoms with E-state index < -0.39 is 5.91 Å². The van der Waals surface area contributed by atoms with Crippen LogP contribution in [0.15, 0.2) is 54.6 Å². The summed E-state index contributed by atoms with van der Waals surface area (Å²) in [7, 11) is 3.00. The molecule has 170 valence electrons. The number of aromatic nitrogens is 3. The highest BCUT2D eigenvalue weighted by Gasteiger charge is 2.20. The van der Waals surface area contributed by atoms with Gasteiger partial charge in [-0.05, 0) is 54.8 Å². The summed E-state index contributed by atoms with van der Waals surface area (Å²) >= 11 is 6.45. The van der Waals surface area contributed by atoms with Gasteiger partial charge in [-0.25, -0.2) is 0 Å². The van der Waals surface area contributed by atoms with Crippen LogP contribution in [0.4, 0.5) is 5.69 Å². The normalized spacial score (nSPS) is 10.9. The van der Waals surface area contributed by atoms with Gasteiger partial charge in [0.1, 0.15) is 28.1 Å². The minimum atomic E-state index is -0.402. The molecule has 0 aliphatic heterocycles. The molecule has 1 aromatic heterocycles. The lowest BCUT2D eigenvalue weighted by atomic mass is 10.1. The van der Waals surface area contributed by atoms with Crippen molar-refractivity contribution in [3.05, 3.63) is 70.7 Å². The van der Waals surface area contributed by atoms with Crippen LogP contribution in [0.2, 0.25) is 5.02 Å². The predicted molar refractivity (Wildman–Crippen MR) is 130 cm³/mol. The molecular formula is C25H25ClN4O3. The molecule has 0 radical (unpaired) electrons. The molecule has 0 spiro atoms. The number of fused-ring (bicyclic) bond motifs is 1. The third kappa shape index (κ3) is 4.78. The summed E-state index contributed by atoms with van der Waals surface area (Å²) in [5, 5.41) is 12.3. The zero-order valence-corrected chi connectivity index (χ0v) is 19.5. The molecule has 0 bridgehead atoms. The Balaban J connectivity index is 1.62. The Hall–Kier alpha value is -3.58. The van der Waals surface area contributed by atoms with Gasteiger partial charge < -0.3 is 14.8 Å². The summed E-state index contributed by atoms with van der Waals surface area (Å²) in [4.78, 5) is 14.6. The minimum absolute atomic E-state index is 0.283. The summed E-state index contributed by atoms with van der Waals surface area (Å²) in [6.07, 6.45) is 3.38. The van der Waals surface area contributed by atoms with Gasteiger partial charge in [-0.3, -0.25) is 4.79 Å². The van der Waals surface area contributed by atoms with E-state index in [-0.39, 0.29) is 5.56 Å². The Morgan fingerprint density at radius 2 is 1.64 bits per heavy atom. The number of amides is 1. The fourth-order valence-corrected chi connectivity index (χ4v) is 3.79. The molecule has 0 aliphatic carbocycles. The molecule has 1 N–H and O–H groups in total. The van der Waals surface area contributed by atoms with Crippen molar-refractivity contribution >= 4 is 34.2 Å². The number of carbonyl (C=O) groups excluding carboxylic acids is 1. The van der Waals surface area contributed by atoms with Crippen molar-refractivity contribution in [1.82, 2.24) is 15.0 Å². The number of hydrogen-bond acceptors (Lipinski definition) is 5. The minimum Gasteiger partial charge on any atom is -0.496 e. The standard InChI is InChI=1S/C25H25ClN4O3/c1-4-5-7-16-10-12-17(13-11-16)30-28-20-14-18(26)19(15-21(20)29-30)27-25(31)24-22(32-2)8-6-9-23(24)33-3/h6,8-15H,4-5,7H2,1-3H3,(H,27,31). The monoisotopic (exact) mass is 464 g/mol. The first-order valence-electron chi connectivity index (χ1n) is 10.7. The Labute approximate surface area is 197 Å². The van der Waals surface area contributed by atoms with Crippen LogP contribution in [0, 0.1) is 0 Å². The van der Waals surface area contributed by atoms with Crippen LogP contribution in [0.25, 0.3) is 16.7 Å². The molecule has 0 fully saturated rings. The molecule has 7 nitrogen and oxygen atoms in total. The number of nitrogens with zero attached hydrogens (tertiary/aromatic N) is 3. The highest BCUT2D eigenvalue weighted by molar-refractivity contribution is 6.34. The van der Waals surface area contributed by atoms with Crippen LogP contribution in [0.1, 0.15) is 35.7 Å². The van der Waals surface area contributed by atoms with Crippen molar-refractivity contribution < 1.29 is 14.3 Å². The van der Waals surface area contributed by atoms with Gasteiger partial charge in [0.25, 0.3) is 5.91 Å². The van der Waals surface area contributed by atoms with Crippen LogP contribution >= 0.6 is 11.6 Å². The third-order valence-corrected chi connectivity index (χ3v) is 5.67. The average Bonchev–Trinajstić information content (AvgIpc) is 3.25. The average molecular weight is 465 g/mol. The van der Waals surface area contributed by atoms with Gasteiger partial charge >= 0.3 is 0 Å². The number of rotatable bonds is 8. The lowest BCUT2D eigenvalue weighted by Gasteiger charge is -2.13. The molecule has 0 saturated carbocycles. The van der Waals surface area contributed by atoms with E-state index in [1.807, 2.05) is 12.1 Å². The molecule has 0 saturated heterocycles. The molecule has 0 aliphatic rings. The lowest BCUT2D eigenvalue weighted by Crippen LogP contribution is -2.15. The number of halogens is 1. The smallest absolute Gasteiger partial charge is 0.263 e. The van der Waals surface area contributed by atoms with Crippen LogP contribution in [0.3, 0.4) is 0 Å². The van der Waals surface area contributed by atoms with E-state index >= 15 is 0 Å². The van der Waals surface area contributed by atoms with E-state index in [0.29, 0.717) is 33.2 Å². The van der Waals surface area contributed by atoms with Gasteiger partial charge in [-0.2, -0.15) is 4.80 Å².